The molecule has 186 valence electrons. The zero-order chi connectivity index (χ0) is 26.3. The second-order valence-electron chi connectivity index (χ2n) is 8.35. The monoisotopic (exact) mass is 517 g/mol. The Labute approximate surface area is 212 Å². The Morgan fingerprint density at radius 3 is 2.46 bits per heavy atom. The van der Waals surface area contributed by atoms with Crippen LogP contribution in [0.4, 0.5) is 10.1 Å². The van der Waals surface area contributed by atoms with Crippen molar-refractivity contribution in [3.63, 3.8) is 0 Å². The Kier molecular flexibility index (Phi) is 5.93. The minimum atomic E-state index is -4.36. The maximum atomic E-state index is 14.6. The van der Waals surface area contributed by atoms with Gasteiger partial charge in [0.1, 0.15) is 22.4 Å². The number of nitrogens with two attached hydrogens (primary N) is 1. The number of carbonyl (C=O) groups is 1. The van der Waals surface area contributed by atoms with Gasteiger partial charge in [-0.2, -0.15) is 5.26 Å². The van der Waals surface area contributed by atoms with Crippen molar-refractivity contribution < 1.29 is 27.1 Å². The predicted molar refractivity (Wildman–Crippen MR) is 133 cm³/mol. The number of hydrogen-bond acceptors (Lipinski definition) is 7. The Hall–Kier alpha value is -4.62. The number of halogens is 1. The SMILES string of the molecule is COC(=O)c1ccc([C@@H]2C(C#N)=C(N)OC3=C2S(=O)(=O)N(Cc2ccccc2F)c2ccccc23)cc1. The van der Waals surface area contributed by atoms with Gasteiger partial charge in [0.15, 0.2) is 5.76 Å². The van der Waals surface area contributed by atoms with Gasteiger partial charge in [-0.25, -0.2) is 17.6 Å². The van der Waals surface area contributed by atoms with E-state index >= 15 is 0 Å². The molecule has 0 saturated carbocycles. The summed E-state index contributed by atoms with van der Waals surface area (Å²) in [6.45, 7) is -0.280. The second kappa shape index (κ2) is 9.11. The zero-order valence-electron chi connectivity index (χ0n) is 19.5. The van der Waals surface area contributed by atoms with Gasteiger partial charge >= 0.3 is 5.97 Å². The highest BCUT2D eigenvalue weighted by Gasteiger charge is 2.47. The summed E-state index contributed by atoms with van der Waals surface area (Å²) in [6.07, 6.45) is 0. The molecule has 2 aliphatic heterocycles. The number of para-hydroxylation sites is 1. The van der Waals surface area contributed by atoms with Crippen molar-refractivity contribution in [1.82, 2.24) is 0 Å². The molecule has 3 aromatic rings. The molecule has 8 nitrogen and oxygen atoms in total. The van der Waals surface area contributed by atoms with Crippen LogP contribution < -0.4 is 10.0 Å². The molecule has 0 saturated heterocycles. The number of sulfonamides is 1. The smallest absolute Gasteiger partial charge is 0.337 e. The first-order chi connectivity index (χ1) is 17.8. The molecule has 5 rings (SSSR count). The van der Waals surface area contributed by atoms with Crippen molar-refractivity contribution in [1.29, 1.82) is 5.26 Å². The summed E-state index contributed by atoms with van der Waals surface area (Å²) < 4.78 is 54.6. The molecule has 1 atom stereocenters. The van der Waals surface area contributed by atoms with Gasteiger partial charge in [0.05, 0.1) is 30.8 Å². The van der Waals surface area contributed by atoms with Crippen molar-refractivity contribution in [3.8, 4) is 6.07 Å². The summed E-state index contributed by atoms with van der Waals surface area (Å²) in [5, 5.41) is 9.94. The number of allylic oxidation sites excluding steroid dienone is 2. The molecular formula is C27H20FN3O5S. The molecule has 0 fully saturated rings. The first-order valence-corrected chi connectivity index (χ1v) is 12.6. The van der Waals surface area contributed by atoms with E-state index in [4.69, 9.17) is 15.2 Å². The van der Waals surface area contributed by atoms with Gasteiger partial charge in [0, 0.05) is 11.1 Å². The summed E-state index contributed by atoms with van der Waals surface area (Å²) in [4.78, 5) is 11.7. The van der Waals surface area contributed by atoms with Gasteiger partial charge in [-0.1, -0.05) is 42.5 Å². The van der Waals surface area contributed by atoms with Crippen LogP contribution in [0.25, 0.3) is 5.76 Å². The van der Waals surface area contributed by atoms with E-state index in [0.717, 1.165) is 4.31 Å². The van der Waals surface area contributed by atoms with Crippen LogP contribution in [-0.2, 0) is 26.0 Å². The number of carbonyl (C=O) groups excluding carboxylic acids is 1. The van der Waals surface area contributed by atoms with E-state index in [1.807, 2.05) is 6.07 Å². The van der Waals surface area contributed by atoms with Crippen molar-refractivity contribution in [3.05, 3.63) is 117 Å². The fourth-order valence-electron chi connectivity index (χ4n) is 4.52. The van der Waals surface area contributed by atoms with Gasteiger partial charge in [0.2, 0.25) is 5.88 Å². The normalized spacial score (nSPS) is 17.9. The Morgan fingerprint density at radius 1 is 1.11 bits per heavy atom. The number of rotatable bonds is 4. The van der Waals surface area contributed by atoms with E-state index in [2.05, 4.69) is 0 Å². The lowest BCUT2D eigenvalue weighted by atomic mass is 9.88. The lowest BCUT2D eigenvalue weighted by Gasteiger charge is -2.38. The standard InChI is InChI=1S/C27H20FN3O5S/c1-35-27(32)17-12-10-16(11-13-17)23-20(14-29)26(30)36-24-19-7-3-5-9-22(19)31(37(33,34)25(23)24)15-18-6-2-4-8-21(18)28/h2-13,23H,15,30H2,1H3/t23-/m1/s1. The van der Waals surface area contributed by atoms with Crippen LogP contribution >= 0.6 is 0 Å². The lowest BCUT2D eigenvalue weighted by Crippen LogP contribution is -2.39. The van der Waals surface area contributed by atoms with Crippen LogP contribution in [0.1, 0.15) is 33.0 Å². The highest BCUT2D eigenvalue weighted by atomic mass is 32.2. The Balaban J connectivity index is 1.73. The van der Waals surface area contributed by atoms with E-state index in [0.29, 0.717) is 11.1 Å². The van der Waals surface area contributed by atoms with E-state index in [1.54, 1.807) is 30.3 Å². The van der Waals surface area contributed by atoms with Crippen LogP contribution in [0.3, 0.4) is 0 Å². The van der Waals surface area contributed by atoms with Crippen LogP contribution in [-0.4, -0.2) is 21.5 Å². The summed E-state index contributed by atoms with van der Waals surface area (Å²) in [6, 6.07) is 20.6. The third-order valence-electron chi connectivity index (χ3n) is 6.29. The minimum absolute atomic E-state index is 0.000993. The fourth-order valence-corrected chi connectivity index (χ4v) is 6.43. The van der Waals surface area contributed by atoms with Gasteiger partial charge in [0.25, 0.3) is 10.0 Å². The molecule has 0 aliphatic carbocycles. The Morgan fingerprint density at radius 2 is 1.78 bits per heavy atom. The van der Waals surface area contributed by atoms with Gasteiger partial charge < -0.3 is 15.2 Å². The van der Waals surface area contributed by atoms with E-state index < -0.39 is 27.7 Å². The number of methoxy groups -OCH3 is 1. The fraction of sp³-hybridized carbons (Fsp3) is 0.111. The molecule has 0 bridgehead atoms. The minimum Gasteiger partial charge on any atom is -0.465 e. The first-order valence-electron chi connectivity index (χ1n) is 11.1. The number of hydrogen-bond donors (Lipinski definition) is 1. The summed E-state index contributed by atoms with van der Waals surface area (Å²) in [7, 11) is -3.11. The summed E-state index contributed by atoms with van der Waals surface area (Å²) in [5.74, 6) is -2.47. The predicted octanol–water partition coefficient (Wildman–Crippen LogP) is 4.14. The number of nitriles is 1. The van der Waals surface area contributed by atoms with Crippen LogP contribution in [0, 0.1) is 17.1 Å². The Bertz CT molecular complexity index is 1640. The number of esters is 1. The van der Waals surface area contributed by atoms with Crippen molar-refractivity contribution in [2.75, 3.05) is 11.4 Å². The second-order valence-corrected chi connectivity index (χ2v) is 10.2. The number of fused-ring (bicyclic) bond motifs is 2. The number of benzene rings is 3. The number of anilines is 1. The van der Waals surface area contributed by atoms with Crippen LogP contribution in [0.15, 0.2) is 89.2 Å². The third kappa shape index (κ3) is 3.90. The highest BCUT2D eigenvalue weighted by molar-refractivity contribution is 7.96. The molecule has 0 unspecified atom stereocenters. The molecule has 0 spiro atoms. The molecule has 0 radical (unpaired) electrons. The van der Waals surface area contributed by atoms with Gasteiger partial charge in [-0.15, -0.1) is 0 Å². The molecular weight excluding hydrogens is 497 g/mol. The summed E-state index contributed by atoms with van der Waals surface area (Å²) >= 11 is 0. The largest absolute Gasteiger partial charge is 0.465 e. The lowest BCUT2D eigenvalue weighted by molar-refractivity contribution is 0.0600. The van der Waals surface area contributed by atoms with Gasteiger partial charge in [-0.3, -0.25) is 4.31 Å². The molecule has 2 heterocycles. The molecule has 2 N–H and O–H groups in total. The molecule has 0 aromatic heterocycles. The average Bonchev–Trinajstić information content (AvgIpc) is 2.91. The first kappa shape index (κ1) is 24.1. The van der Waals surface area contributed by atoms with E-state index in [1.165, 1.54) is 49.6 Å². The van der Waals surface area contributed by atoms with Gasteiger partial charge in [-0.05, 0) is 35.9 Å². The zero-order valence-corrected chi connectivity index (χ0v) is 20.3. The molecule has 10 heteroatoms. The molecule has 2 aliphatic rings. The maximum absolute atomic E-state index is 14.6. The molecule has 0 amide bonds. The average molecular weight is 518 g/mol. The van der Waals surface area contributed by atoms with E-state index in [-0.39, 0.29) is 45.5 Å². The highest BCUT2D eigenvalue weighted by Crippen LogP contribution is 2.51. The maximum Gasteiger partial charge on any atom is 0.337 e. The quantitative estimate of drug-likeness (QED) is 0.516. The topological polar surface area (TPSA) is 123 Å². The van der Waals surface area contributed by atoms with Crippen LogP contribution in [0.2, 0.25) is 0 Å². The molecule has 3 aromatic carbocycles. The van der Waals surface area contributed by atoms with E-state index in [9.17, 15) is 22.9 Å². The van der Waals surface area contributed by atoms with Crippen molar-refractivity contribution in [2.45, 2.75) is 12.5 Å². The number of ether oxygens (including phenoxy) is 2. The van der Waals surface area contributed by atoms with Crippen LogP contribution in [0.5, 0.6) is 0 Å². The molecule has 37 heavy (non-hydrogen) atoms. The van der Waals surface area contributed by atoms with Crippen molar-refractivity contribution >= 4 is 27.4 Å². The third-order valence-corrected chi connectivity index (χ3v) is 8.18. The number of nitrogens with zero attached hydrogens (tertiary/aromatic N) is 2. The summed E-state index contributed by atoms with van der Waals surface area (Å²) in [5.41, 5.74) is 7.56. The van der Waals surface area contributed by atoms with Crippen molar-refractivity contribution in [2.24, 2.45) is 5.73 Å².